The van der Waals surface area contributed by atoms with Crippen molar-refractivity contribution in [1.29, 1.82) is 0 Å². The Bertz CT molecular complexity index is 746. The number of aliphatic hydroxyl groups is 1. The quantitative estimate of drug-likeness (QED) is 0.832. The number of hydrogen-bond acceptors (Lipinski definition) is 4. The van der Waals surface area contributed by atoms with Crippen LogP contribution in [0, 0.1) is 0 Å². The first kappa shape index (κ1) is 12.2. The summed E-state index contributed by atoms with van der Waals surface area (Å²) in [5.41, 5.74) is 1.41. The predicted octanol–water partition coefficient (Wildman–Crippen LogP) is 2.99. The van der Waals surface area contributed by atoms with Crippen LogP contribution in [0.25, 0.3) is 5.76 Å². The van der Waals surface area contributed by atoms with E-state index in [1.54, 1.807) is 24.3 Å². The third kappa shape index (κ3) is 1.97. The summed E-state index contributed by atoms with van der Waals surface area (Å²) in [6.45, 7) is 0. The van der Waals surface area contributed by atoms with Gasteiger partial charge in [-0.3, -0.25) is 4.79 Å². The zero-order chi connectivity index (χ0) is 14.1. The molecular weight excluding hydrogens is 254 g/mol. The molecule has 2 aromatic rings. The van der Waals surface area contributed by atoms with Gasteiger partial charge in [0.2, 0.25) is 5.78 Å². The first-order valence-corrected chi connectivity index (χ1v) is 6.08. The topological polar surface area (TPSA) is 69.9 Å². The number of hydrogen-bond donors (Lipinski definition) is 2. The van der Waals surface area contributed by atoms with Gasteiger partial charge in [0.1, 0.15) is 17.2 Å². The fourth-order valence-corrected chi connectivity index (χ4v) is 2.14. The Morgan fingerprint density at radius 2 is 1.65 bits per heavy atom. The lowest BCUT2D eigenvalue weighted by Gasteiger charge is -2.16. The molecule has 4 heteroatoms. The number of rotatable bonds is 1. The molecule has 98 valence electrons. The molecule has 20 heavy (non-hydrogen) atoms. The van der Waals surface area contributed by atoms with Gasteiger partial charge in [-0.1, -0.05) is 30.3 Å². The summed E-state index contributed by atoms with van der Waals surface area (Å²) in [4.78, 5) is 16.3. The summed E-state index contributed by atoms with van der Waals surface area (Å²) < 4.78 is 0. The number of aliphatic imine (C=N–C) groups is 1. The molecule has 2 N–H and O–H groups in total. The molecule has 0 heterocycles. The number of para-hydroxylation sites is 1. The molecule has 1 aliphatic carbocycles. The summed E-state index contributed by atoms with van der Waals surface area (Å²) in [5, 5.41) is 19.8. The number of ketones is 1. The maximum absolute atomic E-state index is 12.0. The van der Waals surface area contributed by atoms with E-state index in [9.17, 15) is 15.0 Å². The van der Waals surface area contributed by atoms with Gasteiger partial charge in [0.25, 0.3) is 0 Å². The van der Waals surface area contributed by atoms with Gasteiger partial charge < -0.3 is 10.2 Å². The van der Waals surface area contributed by atoms with Crippen molar-refractivity contribution in [3.05, 3.63) is 65.7 Å². The Morgan fingerprint density at radius 3 is 2.40 bits per heavy atom. The van der Waals surface area contributed by atoms with Crippen LogP contribution in [0.2, 0.25) is 0 Å². The molecule has 0 aromatic heterocycles. The van der Waals surface area contributed by atoms with Gasteiger partial charge in [0.05, 0.1) is 11.3 Å². The smallest absolute Gasteiger partial charge is 0.208 e. The molecular formula is C16H11NO3. The minimum absolute atomic E-state index is 0.0785. The summed E-state index contributed by atoms with van der Waals surface area (Å²) in [6, 6.07) is 13.7. The number of benzene rings is 2. The van der Waals surface area contributed by atoms with Gasteiger partial charge in [-0.15, -0.1) is 0 Å². The van der Waals surface area contributed by atoms with E-state index < -0.39 is 5.78 Å². The molecule has 0 amide bonds. The van der Waals surface area contributed by atoms with Crippen LogP contribution in [0.4, 0.5) is 5.69 Å². The number of fused-ring (bicyclic) bond motifs is 1. The van der Waals surface area contributed by atoms with Crippen molar-refractivity contribution >= 4 is 22.9 Å². The third-order valence-corrected chi connectivity index (χ3v) is 3.05. The molecule has 0 bridgehead atoms. The SMILES string of the molecule is O=C1C=C(O)c2cccc(O)c2C1=Nc1ccccc1. The largest absolute Gasteiger partial charge is 0.507 e. The number of aliphatic hydroxyl groups excluding tert-OH is 1. The van der Waals surface area contributed by atoms with E-state index in [0.717, 1.165) is 6.08 Å². The molecule has 0 spiro atoms. The van der Waals surface area contributed by atoms with E-state index in [-0.39, 0.29) is 22.8 Å². The highest BCUT2D eigenvalue weighted by Crippen LogP contribution is 2.31. The molecule has 4 nitrogen and oxygen atoms in total. The van der Waals surface area contributed by atoms with Crippen LogP contribution in [0.3, 0.4) is 0 Å². The van der Waals surface area contributed by atoms with E-state index in [1.807, 2.05) is 18.2 Å². The molecule has 0 atom stereocenters. The summed E-state index contributed by atoms with van der Waals surface area (Å²) in [7, 11) is 0. The van der Waals surface area contributed by atoms with Crippen molar-refractivity contribution in [2.45, 2.75) is 0 Å². The van der Waals surface area contributed by atoms with Crippen LogP contribution in [0.1, 0.15) is 11.1 Å². The highest BCUT2D eigenvalue weighted by atomic mass is 16.3. The Kier molecular flexibility index (Phi) is 2.84. The van der Waals surface area contributed by atoms with Gasteiger partial charge in [-0.2, -0.15) is 0 Å². The minimum atomic E-state index is -0.430. The number of phenolic OH excluding ortho intramolecular Hbond substituents is 1. The van der Waals surface area contributed by atoms with E-state index in [1.165, 1.54) is 6.07 Å². The Hall–Kier alpha value is -2.88. The number of carbonyl (C=O) groups is 1. The molecule has 0 radical (unpaired) electrons. The summed E-state index contributed by atoms with van der Waals surface area (Å²) >= 11 is 0. The van der Waals surface area contributed by atoms with E-state index in [2.05, 4.69) is 4.99 Å². The van der Waals surface area contributed by atoms with Gasteiger partial charge in [-0.25, -0.2) is 4.99 Å². The molecule has 0 unspecified atom stereocenters. The fourth-order valence-electron chi connectivity index (χ4n) is 2.14. The number of phenols is 1. The molecule has 3 rings (SSSR count). The van der Waals surface area contributed by atoms with Crippen LogP contribution < -0.4 is 0 Å². The highest BCUT2D eigenvalue weighted by molar-refractivity contribution is 6.53. The van der Waals surface area contributed by atoms with Crippen molar-refractivity contribution in [2.75, 3.05) is 0 Å². The first-order valence-electron chi connectivity index (χ1n) is 6.08. The maximum atomic E-state index is 12.0. The fraction of sp³-hybridized carbons (Fsp3) is 0. The van der Waals surface area contributed by atoms with Crippen LogP contribution in [-0.2, 0) is 4.79 Å². The lowest BCUT2D eigenvalue weighted by molar-refractivity contribution is -0.108. The van der Waals surface area contributed by atoms with Gasteiger partial charge >= 0.3 is 0 Å². The lowest BCUT2D eigenvalue weighted by Crippen LogP contribution is -2.19. The van der Waals surface area contributed by atoms with E-state index in [0.29, 0.717) is 11.3 Å². The van der Waals surface area contributed by atoms with Crippen LogP contribution in [0.5, 0.6) is 5.75 Å². The zero-order valence-electron chi connectivity index (χ0n) is 10.4. The summed E-state index contributed by atoms with van der Waals surface area (Å²) in [6.07, 6.45) is 1.11. The zero-order valence-corrected chi connectivity index (χ0v) is 10.4. The number of allylic oxidation sites excluding steroid dienone is 1. The average molecular weight is 265 g/mol. The summed E-state index contributed by atoms with van der Waals surface area (Å²) in [5.74, 6) is -0.668. The van der Waals surface area contributed by atoms with E-state index in [4.69, 9.17) is 0 Å². The Morgan fingerprint density at radius 1 is 0.900 bits per heavy atom. The average Bonchev–Trinajstić information content (AvgIpc) is 2.45. The van der Waals surface area contributed by atoms with E-state index >= 15 is 0 Å². The van der Waals surface area contributed by atoms with Crippen LogP contribution >= 0.6 is 0 Å². The molecule has 0 aliphatic heterocycles. The van der Waals surface area contributed by atoms with Crippen LogP contribution in [-0.4, -0.2) is 21.7 Å². The molecule has 1 aliphatic rings. The highest BCUT2D eigenvalue weighted by Gasteiger charge is 2.26. The maximum Gasteiger partial charge on any atom is 0.208 e. The van der Waals surface area contributed by atoms with Gasteiger partial charge in [0, 0.05) is 11.6 Å². The molecule has 0 saturated carbocycles. The van der Waals surface area contributed by atoms with Crippen molar-refractivity contribution in [3.8, 4) is 5.75 Å². The second-order valence-corrected chi connectivity index (χ2v) is 4.39. The van der Waals surface area contributed by atoms with Gasteiger partial charge in [0.15, 0.2) is 0 Å². The van der Waals surface area contributed by atoms with Gasteiger partial charge in [-0.05, 0) is 18.2 Å². The molecule has 2 aromatic carbocycles. The second kappa shape index (κ2) is 4.66. The standard InChI is InChI=1S/C16H11NO3/c18-12-8-4-7-11-13(19)9-14(20)16(15(11)12)17-10-5-2-1-3-6-10/h1-9,18-19H. The first-order chi connectivity index (χ1) is 9.66. The number of carbonyl (C=O) groups excluding carboxylic acids is 1. The van der Waals surface area contributed by atoms with Crippen molar-refractivity contribution in [2.24, 2.45) is 4.99 Å². The lowest BCUT2D eigenvalue weighted by atomic mass is 9.92. The van der Waals surface area contributed by atoms with Crippen molar-refractivity contribution in [3.63, 3.8) is 0 Å². The second-order valence-electron chi connectivity index (χ2n) is 4.39. The molecule has 0 fully saturated rings. The van der Waals surface area contributed by atoms with Crippen molar-refractivity contribution < 1.29 is 15.0 Å². The monoisotopic (exact) mass is 265 g/mol. The third-order valence-electron chi connectivity index (χ3n) is 3.05. The normalized spacial score (nSPS) is 15.9. The molecule has 0 saturated heterocycles. The predicted molar refractivity (Wildman–Crippen MR) is 76.4 cm³/mol. The van der Waals surface area contributed by atoms with Crippen LogP contribution in [0.15, 0.2) is 59.6 Å². The van der Waals surface area contributed by atoms with Crippen molar-refractivity contribution in [1.82, 2.24) is 0 Å². The Balaban J connectivity index is 2.23. The Labute approximate surface area is 115 Å². The number of nitrogens with zero attached hydrogens (tertiary/aromatic N) is 1. The number of aromatic hydroxyl groups is 1. The minimum Gasteiger partial charge on any atom is -0.507 e.